The van der Waals surface area contributed by atoms with Crippen LogP contribution in [0.3, 0.4) is 0 Å². The first kappa shape index (κ1) is 10.6. The van der Waals surface area contributed by atoms with Gasteiger partial charge in [0.2, 0.25) is 0 Å². The Morgan fingerprint density at radius 3 is 2.67 bits per heavy atom. The Morgan fingerprint density at radius 1 is 1.47 bits per heavy atom. The van der Waals surface area contributed by atoms with Gasteiger partial charge in [-0.3, -0.25) is 9.94 Å². The molecule has 1 aromatic rings. The van der Waals surface area contributed by atoms with Crippen LogP contribution in [0.25, 0.3) is 0 Å². The van der Waals surface area contributed by atoms with E-state index >= 15 is 0 Å². The summed E-state index contributed by atoms with van der Waals surface area (Å²) in [4.78, 5) is 5.28. The van der Waals surface area contributed by atoms with Crippen LogP contribution < -0.4 is 0 Å². The van der Waals surface area contributed by atoms with Gasteiger partial charge < -0.3 is 0 Å². The smallest absolute Gasteiger partial charge is 0.268 e. The van der Waals surface area contributed by atoms with Gasteiger partial charge in [-0.05, 0) is 20.3 Å². The number of hydrogen-bond donors (Lipinski definition) is 1. The van der Waals surface area contributed by atoms with Gasteiger partial charge in [0.15, 0.2) is 0 Å². The molecule has 1 aliphatic rings. The van der Waals surface area contributed by atoms with E-state index in [2.05, 4.69) is 10.2 Å². The van der Waals surface area contributed by atoms with Gasteiger partial charge in [-0.2, -0.15) is 5.10 Å². The second kappa shape index (κ2) is 3.58. The van der Waals surface area contributed by atoms with Crippen LogP contribution >= 0.6 is 0 Å². The zero-order valence-corrected chi connectivity index (χ0v) is 9.47. The fourth-order valence-electron chi connectivity index (χ4n) is 1.64. The van der Waals surface area contributed by atoms with Crippen molar-refractivity contribution in [3.63, 3.8) is 0 Å². The second-order valence-electron chi connectivity index (χ2n) is 3.48. The van der Waals surface area contributed by atoms with Gasteiger partial charge in [-0.1, -0.05) is 4.47 Å². The van der Waals surface area contributed by atoms with Gasteiger partial charge in [0.25, 0.3) is 10.0 Å². The topological polar surface area (TPSA) is 75.3 Å². The largest absolute Gasteiger partial charge is 0.284 e. The summed E-state index contributed by atoms with van der Waals surface area (Å²) in [6, 6.07) is 0. The van der Waals surface area contributed by atoms with Crippen molar-refractivity contribution in [2.45, 2.75) is 25.2 Å². The van der Waals surface area contributed by atoms with Crippen LogP contribution in [0, 0.1) is 13.8 Å². The van der Waals surface area contributed by atoms with Crippen molar-refractivity contribution in [3.8, 4) is 0 Å². The van der Waals surface area contributed by atoms with Crippen LogP contribution in [0.15, 0.2) is 4.90 Å². The van der Waals surface area contributed by atoms with Crippen LogP contribution in [0.2, 0.25) is 0 Å². The first-order chi connectivity index (χ1) is 7.03. The van der Waals surface area contributed by atoms with Gasteiger partial charge in [0, 0.05) is 6.54 Å². The first-order valence-corrected chi connectivity index (χ1v) is 6.14. The molecule has 1 fully saturated rings. The van der Waals surface area contributed by atoms with E-state index in [0.29, 0.717) is 24.5 Å². The molecule has 1 aromatic heterocycles. The van der Waals surface area contributed by atoms with E-state index in [0.717, 1.165) is 10.9 Å². The maximum Gasteiger partial charge on any atom is 0.268 e. The highest BCUT2D eigenvalue weighted by Crippen LogP contribution is 2.23. The molecule has 0 spiro atoms. The van der Waals surface area contributed by atoms with Crippen LogP contribution in [-0.4, -0.2) is 36.2 Å². The summed E-state index contributed by atoms with van der Waals surface area (Å²) < 4.78 is 25.2. The number of sulfonamides is 1. The quantitative estimate of drug-likeness (QED) is 0.797. The highest BCUT2D eigenvalue weighted by molar-refractivity contribution is 7.89. The monoisotopic (exact) mass is 231 g/mol. The molecule has 0 aromatic carbocycles. The molecular formula is C8H13N3O3S. The highest BCUT2D eigenvalue weighted by Gasteiger charge is 2.32. The molecule has 0 aliphatic carbocycles. The minimum atomic E-state index is -3.54. The standard InChI is InChI=1S/C8H13N3O3S/c1-6-8(7(2)10-9-6)15(12,13)11-4-3-5-14-11/h3-5H2,1-2H3,(H,9,10). The average Bonchev–Trinajstić information content (AvgIpc) is 2.75. The third kappa shape index (κ3) is 1.66. The fourth-order valence-corrected chi connectivity index (χ4v) is 3.27. The van der Waals surface area contributed by atoms with Gasteiger partial charge in [0.1, 0.15) is 4.90 Å². The lowest BCUT2D eigenvalue weighted by Gasteiger charge is -2.13. The number of nitrogens with zero attached hydrogens (tertiary/aromatic N) is 2. The number of hydroxylamine groups is 1. The molecule has 84 valence electrons. The molecule has 1 aliphatic heterocycles. The fraction of sp³-hybridized carbons (Fsp3) is 0.625. The van der Waals surface area contributed by atoms with Crippen LogP contribution in [0.5, 0.6) is 0 Å². The molecule has 15 heavy (non-hydrogen) atoms. The normalized spacial score (nSPS) is 18.5. The molecule has 2 heterocycles. The zero-order valence-electron chi connectivity index (χ0n) is 8.65. The molecule has 1 saturated heterocycles. The maximum atomic E-state index is 12.1. The molecule has 7 heteroatoms. The Labute approximate surface area is 88.2 Å². The van der Waals surface area contributed by atoms with Crippen molar-refractivity contribution >= 4 is 10.0 Å². The van der Waals surface area contributed by atoms with E-state index in [1.165, 1.54) is 0 Å². The summed E-state index contributed by atoms with van der Waals surface area (Å²) in [5.41, 5.74) is 1.02. The van der Waals surface area contributed by atoms with Gasteiger partial charge >= 0.3 is 0 Å². The second-order valence-corrected chi connectivity index (χ2v) is 5.25. The Balaban J connectivity index is 2.45. The number of aryl methyl sites for hydroxylation is 2. The maximum absolute atomic E-state index is 12.1. The highest BCUT2D eigenvalue weighted by atomic mass is 32.2. The van der Waals surface area contributed by atoms with Crippen molar-refractivity contribution in [1.82, 2.24) is 14.7 Å². The van der Waals surface area contributed by atoms with Gasteiger partial charge in [-0.15, -0.1) is 0 Å². The SMILES string of the molecule is Cc1n[nH]c(C)c1S(=O)(=O)N1CCCO1. The van der Waals surface area contributed by atoms with E-state index < -0.39 is 10.0 Å². The molecule has 0 atom stereocenters. The van der Waals surface area contributed by atoms with Crippen LogP contribution in [-0.2, 0) is 14.9 Å². The van der Waals surface area contributed by atoms with Crippen LogP contribution in [0.4, 0.5) is 0 Å². The minimum Gasteiger partial charge on any atom is -0.284 e. The number of hydrogen-bond acceptors (Lipinski definition) is 4. The number of rotatable bonds is 2. The van der Waals surface area contributed by atoms with Crippen molar-refractivity contribution in [3.05, 3.63) is 11.4 Å². The van der Waals surface area contributed by atoms with E-state index in [4.69, 9.17) is 4.84 Å². The third-order valence-corrected chi connectivity index (χ3v) is 4.25. The molecule has 0 saturated carbocycles. The van der Waals surface area contributed by atoms with Gasteiger partial charge in [-0.25, -0.2) is 8.42 Å². The molecule has 2 rings (SSSR count). The lowest BCUT2D eigenvalue weighted by molar-refractivity contribution is -0.0285. The van der Waals surface area contributed by atoms with Crippen LogP contribution in [0.1, 0.15) is 17.8 Å². The van der Waals surface area contributed by atoms with E-state index in [9.17, 15) is 8.42 Å². The molecule has 0 amide bonds. The molecule has 0 unspecified atom stereocenters. The summed E-state index contributed by atoms with van der Waals surface area (Å²) in [6.45, 7) is 4.21. The summed E-state index contributed by atoms with van der Waals surface area (Å²) >= 11 is 0. The number of H-pyrrole nitrogens is 1. The molecule has 0 radical (unpaired) electrons. The Kier molecular flexibility index (Phi) is 2.53. The van der Waals surface area contributed by atoms with Gasteiger partial charge in [0.05, 0.1) is 18.0 Å². The van der Waals surface area contributed by atoms with Crippen molar-refractivity contribution in [2.24, 2.45) is 0 Å². The number of aromatic amines is 1. The lowest BCUT2D eigenvalue weighted by atomic mass is 10.4. The minimum absolute atomic E-state index is 0.226. The Morgan fingerprint density at radius 2 is 2.20 bits per heavy atom. The lowest BCUT2D eigenvalue weighted by Crippen LogP contribution is -2.27. The van der Waals surface area contributed by atoms with E-state index in [1.54, 1.807) is 13.8 Å². The zero-order chi connectivity index (χ0) is 11.1. The van der Waals surface area contributed by atoms with E-state index in [1.807, 2.05) is 0 Å². The molecule has 6 nitrogen and oxygen atoms in total. The molecular weight excluding hydrogens is 218 g/mol. The predicted molar refractivity (Wildman–Crippen MR) is 52.5 cm³/mol. The third-order valence-electron chi connectivity index (χ3n) is 2.31. The van der Waals surface area contributed by atoms with Crippen molar-refractivity contribution in [2.75, 3.05) is 13.2 Å². The van der Waals surface area contributed by atoms with Crippen molar-refractivity contribution < 1.29 is 13.3 Å². The number of aromatic nitrogens is 2. The molecule has 0 bridgehead atoms. The van der Waals surface area contributed by atoms with Crippen molar-refractivity contribution in [1.29, 1.82) is 0 Å². The summed E-state index contributed by atoms with van der Waals surface area (Å²) in [6.07, 6.45) is 0.731. The average molecular weight is 231 g/mol. The Bertz CT molecular complexity index is 440. The molecule has 1 N–H and O–H groups in total. The summed E-state index contributed by atoms with van der Waals surface area (Å²) in [7, 11) is -3.54. The van der Waals surface area contributed by atoms with E-state index in [-0.39, 0.29) is 4.90 Å². The summed E-state index contributed by atoms with van der Waals surface area (Å²) in [5, 5.41) is 6.52. The summed E-state index contributed by atoms with van der Waals surface area (Å²) in [5.74, 6) is 0. The Hall–Kier alpha value is -0.920. The predicted octanol–water partition coefficient (Wildman–Crippen LogP) is 0.353. The first-order valence-electron chi connectivity index (χ1n) is 4.70. The number of nitrogens with one attached hydrogen (secondary N) is 1.